The van der Waals surface area contributed by atoms with Crippen molar-refractivity contribution in [3.05, 3.63) is 24.2 Å². The summed E-state index contributed by atoms with van der Waals surface area (Å²) < 4.78 is 0.459. The van der Waals surface area contributed by atoms with Crippen LogP contribution in [0.4, 0.5) is 5.82 Å². The van der Waals surface area contributed by atoms with E-state index in [1.165, 1.54) is 0 Å². The van der Waals surface area contributed by atoms with Crippen LogP contribution >= 0.6 is 0 Å². The van der Waals surface area contributed by atoms with Gasteiger partial charge in [-0.05, 0) is 6.92 Å². The topological polar surface area (TPSA) is 93.1 Å². The highest BCUT2D eigenvalue weighted by atomic mass is 15.5. The third-order valence-corrected chi connectivity index (χ3v) is 2.78. The van der Waals surface area contributed by atoms with Gasteiger partial charge in [-0.3, -0.25) is 0 Å². The maximum Gasteiger partial charge on any atom is 0.308 e. The number of hydrogen-bond acceptors (Lipinski definition) is 4. The Hall–Kier alpha value is -1.82. The number of hydrogen-bond donors (Lipinski definition) is 3. The number of guanidine groups is 1. The first kappa shape index (κ1) is 9.72. The summed E-state index contributed by atoms with van der Waals surface area (Å²) in [4.78, 5) is 4.12. The summed E-state index contributed by atoms with van der Waals surface area (Å²) in [6.45, 7) is 3.57. The predicted molar refractivity (Wildman–Crippen MR) is 59.7 cm³/mol. The molecule has 2 heterocycles. The highest BCUT2D eigenvalue weighted by molar-refractivity contribution is 5.90. The van der Waals surface area contributed by atoms with E-state index < -0.39 is 0 Å². The fourth-order valence-electron chi connectivity index (χ4n) is 1.79. The zero-order chi connectivity index (χ0) is 10.9. The van der Waals surface area contributed by atoms with Crippen molar-refractivity contribution in [3.8, 4) is 0 Å². The molecule has 0 aliphatic carbocycles. The molecule has 1 aromatic rings. The first-order valence-corrected chi connectivity index (χ1v) is 4.86. The lowest BCUT2D eigenvalue weighted by molar-refractivity contribution is 0.447. The van der Waals surface area contributed by atoms with Crippen molar-refractivity contribution in [2.24, 2.45) is 16.5 Å². The SMILES string of the molecule is CC[N+]1(c2ccn[nH]2)CC=C(N)N=C1N. The smallest absolute Gasteiger partial charge is 0.308 e. The highest BCUT2D eigenvalue weighted by Crippen LogP contribution is 2.22. The molecular formula is C9H15N6+. The zero-order valence-corrected chi connectivity index (χ0v) is 8.64. The number of rotatable bonds is 2. The molecule has 0 radical (unpaired) electrons. The Morgan fingerprint density at radius 3 is 2.87 bits per heavy atom. The van der Waals surface area contributed by atoms with Crippen LogP contribution in [-0.2, 0) is 0 Å². The van der Waals surface area contributed by atoms with Crippen molar-refractivity contribution in [1.82, 2.24) is 14.7 Å². The van der Waals surface area contributed by atoms with Crippen LogP contribution in [0.2, 0.25) is 0 Å². The number of quaternary nitrogens is 1. The fourth-order valence-corrected chi connectivity index (χ4v) is 1.79. The van der Waals surface area contributed by atoms with Crippen molar-refractivity contribution < 1.29 is 0 Å². The van der Waals surface area contributed by atoms with Gasteiger partial charge >= 0.3 is 5.96 Å². The third-order valence-electron chi connectivity index (χ3n) is 2.78. The van der Waals surface area contributed by atoms with Gasteiger partial charge in [0.15, 0.2) is 0 Å². The summed E-state index contributed by atoms with van der Waals surface area (Å²) >= 11 is 0. The van der Waals surface area contributed by atoms with Crippen molar-refractivity contribution in [2.75, 3.05) is 13.1 Å². The highest BCUT2D eigenvalue weighted by Gasteiger charge is 2.36. The molecule has 1 unspecified atom stereocenters. The molecule has 0 bridgehead atoms. The summed E-state index contributed by atoms with van der Waals surface area (Å²) in [7, 11) is 0. The Bertz CT molecular complexity index is 404. The zero-order valence-electron chi connectivity index (χ0n) is 8.64. The maximum atomic E-state index is 5.96. The summed E-state index contributed by atoms with van der Waals surface area (Å²) in [6.07, 6.45) is 3.58. The van der Waals surface area contributed by atoms with Gasteiger partial charge in [-0.1, -0.05) is 0 Å². The number of nitrogens with zero attached hydrogens (tertiary/aromatic N) is 3. The molecule has 0 aromatic carbocycles. The summed E-state index contributed by atoms with van der Waals surface area (Å²) in [5.74, 6) is 1.92. The minimum Gasteiger partial charge on any atom is -0.384 e. The van der Waals surface area contributed by atoms with E-state index >= 15 is 0 Å². The normalized spacial score (nSPS) is 25.9. The maximum absolute atomic E-state index is 5.96. The van der Waals surface area contributed by atoms with Crippen molar-refractivity contribution in [1.29, 1.82) is 0 Å². The molecule has 2 rings (SSSR count). The van der Waals surface area contributed by atoms with Gasteiger partial charge in [-0.2, -0.15) is 10.1 Å². The fraction of sp³-hybridized carbons (Fsp3) is 0.333. The van der Waals surface area contributed by atoms with Crippen LogP contribution in [0.1, 0.15) is 6.92 Å². The van der Waals surface area contributed by atoms with Crippen LogP contribution in [0.5, 0.6) is 0 Å². The Morgan fingerprint density at radius 1 is 1.53 bits per heavy atom. The van der Waals surface area contributed by atoms with E-state index in [-0.39, 0.29) is 0 Å². The van der Waals surface area contributed by atoms with E-state index in [0.29, 0.717) is 22.8 Å². The lowest BCUT2D eigenvalue weighted by Gasteiger charge is -2.34. The Balaban J connectivity index is 2.45. The summed E-state index contributed by atoms with van der Waals surface area (Å²) in [5.41, 5.74) is 11.6. The molecule has 0 amide bonds. The number of nitrogens with one attached hydrogen (secondary N) is 1. The van der Waals surface area contributed by atoms with Gasteiger partial charge in [0.25, 0.3) is 0 Å². The number of aromatic nitrogens is 2. The first-order chi connectivity index (χ1) is 7.19. The molecule has 1 aliphatic heterocycles. The van der Waals surface area contributed by atoms with Crippen molar-refractivity contribution in [2.45, 2.75) is 6.92 Å². The average Bonchev–Trinajstić information content (AvgIpc) is 2.72. The molecule has 5 N–H and O–H groups in total. The van der Waals surface area contributed by atoms with Crippen LogP contribution in [0.3, 0.4) is 0 Å². The van der Waals surface area contributed by atoms with E-state index in [2.05, 4.69) is 22.1 Å². The van der Waals surface area contributed by atoms with Crippen LogP contribution in [-0.4, -0.2) is 29.2 Å². The van der Waals surface area contributed by atoms with Crippen molar-refractivity contribution >= 4 is 11.8 Å². The Labute approximate surface area is 87.9 Å². The van der Waals surface area contributed by atoms with Gasteiger partial charge in [0.2, 0.25) is 5.82 Å². The lowest BCUT2D eigenvalue weighted by Crippen LogP contribution is -2.59. The van der Waals surface area contributed by atoms with E-state index in [4.69, 9.17) is 11.5 Å². The molecule has 0 saturated carbocycles. The monoisotopic (exact) mass is 207 g/mol. The molecule has 6 heteroatoms. The number of aromatic amines is 1. The molecular weight excluding hydrogens is 192 g/mol. The molecule has 1 aliphatic rings. The molecule has 0 fully saturated rings. The second-order valence-electron chi connectivity index (χ2n) is 3.51. The number of likely N-dealkylation sites (N-methyl/N-ethyl adjacent to an activating group) is 1. The standard InChI is InChI=1S/C9H15N6/c1-2-15(8-3-5-12-14-8)6-4-7(10)13-9(15)11/h3-5H,2,6,10H2,1H3,(H2,11,13)(H,12,14)/q+1. The molecule has 1 aromatic heterocycles. The average molecular weight is 207 g/mol. The molecule has 15 heavy (non-hydrogen) atoms. The van der Waals surface area contributed by atoms with Crippen LogP contribution in [0.25, 0.3) is 0 Å². The predicted octanol–water partition coefficient (Wildman–Crippen LogP) is -0.135. The second kappa shape index (κ2) is 3.39. The molecule has 0 spiro atoms. The summed E-state index contributed by atoms with van der Waals surface area (Å²) in [5, 5.41) is 6.88. The van der Waals surface area contributed by atoms with E-state index in [9.17, 15) is 0 Å². The molecule has 80 valence electrons. The van der Waals surface area contributed by atoms with E-state index in [1.807, 2.05) is 12.1 Å². The first-order valence-electron chi connectivity index (χ1n) is 4.86. The second-order valence-corrected chi connectivity index (χ2v) is 3.51. The molecule has 1 atom stereocenters. The third kappa shape index (κ3) is 1.39. The van der Waals surface area contributed by atoms with Gasteiger partial charge in [0.1, 0.15) is 12.4 Å². The van der Waals surface area contributed by atoms with Crippen molar-refractivity contribution in [3.63, 3.8) is 0 Å². The van der Waals surface area contributed by atoms with Crippen LogP contribution in [0, 0.1) is 0 Å². The number of aliphatic imine (C=N–C) groups is 1. The van der Waals surface area contributed by atoms with Crippen LogP contribution in [0.15, 0.2) is 29.2 Å². The quantitative estimate of drug-likeness (QED) is 0.589. The van der Waals surface area contributed by atoms with Gasteiger partial charge < -0.3 is 11.5 Å². The Morgan fingerprint density at radius 2 is 2.33 bits per heavy atom. The lowest BCUT2D eigenvalue weighted by atomic mass is 10.3. The van der Waals surface area contributed by atoms with Gasteiger partial charge in [-0.25, -0.2) is 9.58 Å². The molecule has 0 saturated heterocycles. The van der Waals surface area contributed by atoms with E-state index in [0.717, 1.165) is 12.4 Å². The van der Waals surface area contributed by atoms with Gasteiger partial charge in [0, 0.05) is 12.1 Å². The molecule has 6 nitrogen and oxygen atoms in total. The van der Waals surface area contributed by atoms with Crippen LogP contribution < -0.4 is 16.0 Å². The van der Waals surface area contributed by atoms with Gasteiger partial charge in [-0.15, -0.1) is 0 Å². The minimum atomic E-state index is 0.459. The number of H-pyrrole nitrogens is 1. The Kier molecular flexibility index (Phi) is 2.20. The largest absolute Gasteiger partial charge is 0.384 e. The van der Waals surface area contributed by atoms with E-state index in [1.54, 1.807) is 6.20 Å². The number of nitrogens with two attached hydrogens (primary N) is 2. The minimum absolute atomic E-state index is 0.459. The summed E-state index contributed by atoms with van der Waals surface area (Å²) in [6, 6.07) is 1.90. The van der Waals surface area contributed by atoms with Gasteiger partial charge in [0.05, 0.1) is 12.7 Å².